The molecule has 1 rings (SSSR count). The number of carbonyl (C=O) groups excluding carboxylic acids is 2. The van der Waals surface area contributed by atoms with Gasteiger partial charge in [-0.3, -0.25) is 4.79 Å². The predicted molar refractivity (Wildman–Crippen MR) is 81.9 cm³/mol. The highest BCUT2D eigenvalue weighted by atomic mass is 35.5. The molecule has 6 nitrogen and oxygen atoms in total. The summed E-state index contributed by atoms with van der Waals surface area (Å²) in [6.07, 6.45) is 4.80. The highest BCUT2D eigenvalue weighted by Crippen LogP contribution is 2.08. The molecule has 0 bridgehead atoms. The maximum Gasteiger partial charge on any atom is 0.312 e. The summed E-state index contributed by atoms with van der Waals surface area (Å²) in [5.74, 6) is 0.357. The van der Waals surface area contributed by atoms with E-state index in [1.807, 2.05) is 6.92 Å². The molecule has 3 amide bonds. The molecule has 5 N–H and O–H groups in total. The van der Waals surface area contributed by atoms with Gasteiger partial charge in [-0.05, 0) is 38.3 Å². The van der Waals surface area contributed by atoms with Crippen LogP contribution in [0, 0.1) is 5.92 Å². The van der Waals surface area contributed by atoms with Gasteiger partial charge in [-0.25, -0.2) is 4.79 Å². The summed E-state index contributed by atoms with van der Waals surface area (Å²) in [4.78, 5) is 22.9. The Morgan fingerprint density at radius 3 is 2.75 bits per heavy atom. The van der Waals surface area contributed by atoms with E-state index >= 15 is 0 Å². The van der Waals surface area contributed by atoms with Crippen LogP contribution in [-0.4, -0.2) is 37.6 Å². The molecule has 0 aromatic heterocycles. The molecule has 0 aromatic rings. The normalized spacial score (nSPS) is 19.6. The van der Waals surface area contributed by atoms with E-state index in [0.29, 0.717) is 18.9 Å². The van der Waals surface area contributed by atoms with E-state index < -0.39 is 12.1 Å². The number of primary amides is 1. The number of urea groups is 1. The molecule has 2 atom stereocenters. The van der Waals surface area contributed by atoms with Crippen LogP contribution < -0.4 is 21.7 Å². The fourth-order valence-electron chi connectivity index (χ4n) is 2.32. The average Bonchev–Trinajstić information content (AvgIpc) is 2.41. The second-order valence-corrected chi connectivity index (χ2v) is 5.16. The Bertz CT molecular complexity index is 296. The van der Waals surface area contributed by atoms with Crippen molar-refractivity contribution in [3.8, 4) is 0 Å². The van der Waals surface area contributed by atoms with Crippen molar-refractivity contribution < 1.29 is 9.59 Å². The smallest absolute Gasteiger partial charge is 0.312 e. The van der Waals surface area contributed by atoms with Crippen molar-refractivity contribution in [1.29, 1.82) is 0 Å². The summed E-state index contributed by atoms with van der Waals surface area (Å²) in [5.41, 5.74) is 5.10. The Hall–Kier alpha value is -1.01. The van der Waals surface area contributed by atoms with Crippen molar-refractivity contribution in [2.24, 2.45) is 11.7 Å². The number of piperidine rings is 1. The summed E-state index contributed by atoms with van der Waals surface area (Å²) < 4.78 is 0. The first-order valence-electron chi connectivity index (χ1n) is 7.18. The fourth-order valence-corrected chi connectivity index (χ4v) is 2.32. The third-order valence-corrected chi connectivity index (χ3v) is 3.44. The number of halogens is 1. The second kappa shape index (κ2) is 10.7. The zero-order valence-electron chi connectivity index (χ0n) is 12.1. The van der Waals surface area contributed by atoms with Crippen LogP contribution in [-0.2, 0) is 4.79 Å². The lowest BCUT2D eigenvalue weighted by Gasteiger charge is -2.24. The predicted octanol–water partition coefficient (Wildman–Crippen LogP) is 0.751. The number of amides is 3. The van der Waals surface area contributed by atoms with Crippen LogP contribution >= 0.6 is 12.4 Å². The third-order valence-electron chi connectivity index (χ3n) is 3.44. The highest BCUT2D eigenvalue weighted by Gasteiger charge is 2.20. The van der Waals surface area contributed by atoms with Gasteiger partial charge < -0.3 is 21.7 Å². The fraction of sp³-hybridized carbons (Fsp3) is 0.846. The molecule has 2 unspecified atom stereocenters. The van der Waals surface area contributed by atoms with Crippen molar-refractivity contribution in [1.82, 2.24) is 16.0 Å². The van der Waals surface area contributed by atoms with Crippen LogP contribution in [0.15, 0.2) is 0 Å². The maximum atomic E-state index is 12.0. The molecule has 1 aliphatic heterocycles. The topological polar surface area (TPSA) is 96.2 Å². The van der Waals surface area contributed by atoms with Crippen LogP contribution in [0.3, 0.4) is 0 Å². The molecular weight excluding hydrogens is 280 g/mol. The summed E-state index contributed by atoms with van der Waals surface area (Å²) in [7, 11) is 0. The number of hydrogen-bond acceptors (Lipinski definition) is 3. The first kappa shape index (κ1) is 19.0. The molecule has 0 aromatic carbocycles. The molecule has 20 heavy (non-hydrogen) atoms. The Balaban J connectivity index is 0.00000361. The molecule has 1 aliphatic rings. The molecule has 118 valence electrons. The van der Waals surface area contributed by atoms with Gasteiger partial charge in [0.25, 0.3) is 0 Å². The van der Waals surface area contributed by atoms with Gasteiger partial charge in [0.2, 0.25) is 5.91 Å². The van der Waals surface area contributed by atoms with Gasteiger partial charge in [0.15, 0.2) is 0 Å². The van der Waals surface area contributed by atoms with Crippen LogP contribution in [0.2, 0.25) is 0 Å². The Morgan fingerprint density at radius 2 is 2.20 bits per heavy atom. The van der Waals surface area contributed by atoms with E-state index in [1.54, 1.807) is 0 Å². The van der Waals surface area contributed by atoms with E-state index in [1.165, 1.54) is 0 Å². The minimum absolute atomic E-state index is 0. The summed E-state index contributed by atoms with van der Waals surface area (Å²) in [5, 5.41) is 8.74. The van der Waals surface area contributed by atoms with Crippen molar-refractivity contribution in [2.75, 3.05) is 19.6 Å². The van der Waals surface area contributed by atoms with Crippen molar-refractivity contribution in [2.45, 2.75) is 45.1 Å². The monoisotopic (exact) mass is 306 g/mol. The molecule has 0 aliphatic carbocycles. The van der Waals surface area contributed by atoms with Gasteiger partial charge in [-0.1, -0.05) is 19.8 Å². The van der Waals surface area contributed by atoms with E-state index in [-0.39, 0.29) is 18.3 Å². The zero-order valence-corrected chi connectivity index (χ0v) is 12.9. The van der Waals surface area contributed by atoms with E-state index in [4.69, 9.17) is 5.73 Å². The van der Waals surface area contributed by atoms with Gasteiger partial charge in [0, 0.05) is 6.54 Å². The van der Waals surface area contributed by atoms with Crippen LogP contribution in [0.25, 0.3) is 0 Å². The summed E-state index contributed by atoms with van der Waals surface area (Å²) in [6.45, 7) is 4.72. The van der Waals surface area contributed by atoms with Gasteiger partial charge in [0.05, 0.1) is 0 Å². The number of nitrogens with two attached hydrogens (primary N) is 1. The Labute approximate surface area is 127 Å². The van der Waals surface area contributed by atoms with E-state index in [0.717, 1.165) is 38.8 Å². The first-order chi connectivity index (χ1) is 9.13. The Morgan fingerprint density at radius 1 is 1.45 bits per heavy atom. The van der Waals surface area contributed by atoms with E-state index in [9.17, 15) is 9.59 Å². The van der Waals surface area contributed by atoms with Gasteiger partial charge in [-0.2, -0.15) is 0 Å². The number of hydrogen-bond donors (Lipinski definition) is 4. The standard InChI is InChI=1S/C13H26N4O2.ClH/c1-2-3-6-11(17-13(14)19)12(18)16-9-10-5-4-7-15-8-10;/h10-11,15H,2-9H2,1H3,(H,16,18)(H3,14,17,19);1H. The highest BCUT2D eigenvalue weighted by molar-refractivity contribution is 5.86. The second-order valence-electron chi connectivity index (χ2n) is 5.16. The lowest BCUT2D eigenvalue weighted by Crippen LogP contribution is -2.50. The van der Waals surface area contributed by atoms with Gasteiger partial charge in [-0.15, -0.1) is 12.4 Å². The van der Waals surface area contributed by atoms with Gasteiger partial charge >= 0.3 is 6.03 Å². The van der Waals surface area contributed by atoms with Gasteiger partial charge in [0.1, 0.15) is 6.04 Å². The van der Waals surface area contributed by atoms with E-state index in [2.05, 4.69) is 16.0 Å². The number of rotatable bonds is 7. The average molecular weight is 307 g/mol. The van der Waals surface area contributed by atoms with Crippen LogP contribution in [0.5, 0.6) is 0 Å². The molecular formula is C13H27ClN4O2. The van der Waals surface area contributed by atoms with Crippen molar-refractivity contribution in [3.05, 3.63) is 0 Å². The Kier molecular flexibility index (Phi) is 10.2. The molecule has 1 fully saturated rings. The molecule has 0 spiro atoms. The number of carbonyl (C=O) groups is 2. The molecule has 1 saturated heterocycles. The molecule has 1 heterocycles. The van der Waals surface area contributed by atoms with Crippen LogP contribution in [0.1, 0.15) is 39.0 Å². The summed E-state index contributed by atoms with van der Waals surface area (Å²) >= 11 is 0. The minimum atomic E-state index is -0.643. The van der Waals surface area contributed by atoms with Crippen molar-refractivity contribution in [3.63, 3.8) is 0 Å². The zero-order chi connectivity index (χ0) is 14.1. The number of unbranched alkanes of at least 4 members (excludes halogenated alkanes) is 1. The molecule has 0 saturated carbocycles. The lowest BCUT2D eigenvalue weighted by atomic mass is 9.99. The SMILES string of the molecule is CCCCC(NC(N)=O)C(=O)NCC1CCCNC1.Cl. The summed E-state index contributed by atoms with van der Waals surface area (Å²) in [6, 6.07) is -1.15. The molecule has 7 heteroatoms. The minimum Gasteiger partial charge on any atom is -0.354 e. The largest absolute Gasteiger partial charge is 0.354 e. The third kappa shape index (κ3) is 7.55. The quantitative estimate of drug-likeness (QED) is 0.559. The maximum absolute atomic E-state index is 12.0. The number of nitrogens with one attached hydrogen (secondary N) is 3. The first-order valence-corrected chi connectivity index (χ1v) is 7.18. The van der Waals surface area contributed by atoms with Crippen molar-refractivity contribution >= 4 is 24.3 Å². The van der Waals surface area contributed by atoms with Crippen LogP contribution in [0.4, 0.5) is 4.79 Å². The molecule has 0 radical (unpaired) electrons. The lowest BCUT2D eigenvalue weighted by molar-refractivity contribution is -0.123.